The molecule has 0 aliphatic heterocycles. The Morgan fingerprint density at radius 2 is 0.870 bits per heavy atom. The van der Waals surface area contributed by atoms with E-state index >= 15 is 0 Å². The Morgan fingerprint density at radius 1 is 0.478 bits per heavy atom. The third-order valence-electron chi connectivity index (χ3n) is 4.85. The maximum Gasteiger partial charge on any atom is 0.162 e. The molecule has 0 aromatic heterocycles. The van der Waals surface area contributed by atoms with Gasteiger partial charge in [-0.1, -0.05) is 55.0 Å². The van der Waals surface area contributed by atoms with Gasteiger partial charge in [0.05, 0.1) is 0 Å². The van der Waals surface area contributed by atoms with E-state index in [2.05, 4.69) is 36.4 Å². The summed E-state index contributed by atoms with van der Waals surface area (Å²) >= 11 is 0. The Bertz CT molecular complexity index is 622. The largest absolute Gasteiger partial charge is 0.294 e. The van der Waals surface area contributed by atoms with Crippen LogP contribution in [0.25, 0.3) is 0 Å². The van der Waals surface area contributed by atoms with Gasteiger partial charge in [-0.3, -0.25) is 4.79 Å². The average molecular weight is 306 g/mol. The van der Waals surface area contributed by atoms with Gasteiger partial charge in [-0.15, -0.1) is 0 Å². The number of aryl methyl sites for hydroxylation is 3. The van der Waals surface area contributed by atoms with E-state index in [4.69, 9.17) is 0 Å². The maximum atomic E-state index is 12.2. The van der Waals surface area contributed by atoms with Crippen LogP contribution in [0, 0.1) is 0 Å². The Labute approximate surface area is 139 Å². The van der Waals surface area contributed by atoms with Crippen molar-refractivity contribution < 1.29 is 4.79 Å². The normalized spacial score (nSPS) is 17.0. The van der Waals surface area contributed by atoms with E-state index in [-0.39, 0.29) is 5.78 Å². The van der Waals surface area contributed by atoms with Crippen LogP contribution in [0.15, 0.2) is 48.5 Å². The highest BCUT2D eigenvalue weighted by Crippen LogP contribution is 2.16. The molecule has 6 rings (SSSR count). The van der Waals surface area contributed by atoms with Crippen LogP contribution in [0.5, 0.6) is 0 Å². The van der Waals surface area contributed by atoms with Gasteiger partial charge in [0, 0.05) is 12.0 Å². The first-order valence-electron chi connectivity index (χ1n) is 9.01. The first-order valence-corrected chi connectivity index (χ1v) is 9.01. The van der Waals surface area contributed by atoms with Gasteiger partial charge in [0.1, 0.15) is 0 Å². The second-order valence-corrected chi connectivity index (χ2v) is 6.70. The minimum atomic E-state index is 0.285. The molecule has 0 saturated heterocycles. The van der Waals surface area contributed by atoms with Crippen LogP contribution < -0.4 is 0 Å². The van der Waals surface area contributed by atoms with Crippen molar-refractivity contribution in [1.82, 2.24) is 0 Å². The summed E-state index contributed by atoms with van der Waals surface area (Å²) in [6.45, 7) is 0. The average Bonchev–Trinajstić information content (AvgIpc) is 2.59. The number of ketones is 1. The smallest absolute Gasteiger partial charge is 0.162 e. The van der Waals surface area contributed by atoms with Crippen molar-refractivity contribution in [2.45, 2.75) is 57.8 Å². The minimum absolute atomic E-state index is 0.285. The molecule has 1 heteroatoms. The minimum Gasteiger partial charge on any atom is -0.294 e. The summed E-state index contributed by atoms with van der Waals surface area (Å²) in [5.41, 5.74) is 5.08. The quantitative estimate of drug-likeness (QED) is 0.623. The van der Waals surface area contributed by atoms with Crippen molar-refractivity contribution in [3.63, 3.8) is 0 Å². The van der Waals surface area contributed by atoms with Gasteiger partial charge in [0.15, 0.2) is 5.78 Å². The van der Waals surface area contributed by atoms with Gasteiger partial charge in [-0.25, -0.2) is 0 Å². The molecule has 0 unspecified atom stereocenters. The highest BCUT2D eigenvalue weighted by atomic mass is 16.1. The van der Waals surface area contributed by atoms with Gasteiger partial charge < -0.3 is 0 Å². The zero-order valence-electron chi connectivity index (χ0n) is 13.9. The molecule has 0 spiro atoms. The molecular weight excluding hydrogens is 280 g/mol. The molecule has 0 saturated carbocycles. The van der Waals surface area contributed by atoms with E-state index in [0.717, 1.165) is 31.2 Å². The molecule has 0 radical (unpaired) electrons. The monoisotopic (exact) mass is 306 g/mol. The van der Waals surface area contributed by atoms with Crippen molar-refractivity contribution >= 4 is 5.78 Å². The molecule has 0 atom stereocenters. The van der Waals surface area contributed by atoms with Crippen LogP contribution in [0.4, 0.5) is 0 Å². The molecular formula is C22H26O. The molecule has 1 nitrogen and oxygen atoms in total. The summed E-state index contributed by atoms with van der Waals surface area (Å²) in [4.78, 5) is 12.2. The number of rotatable bonds is 0. The molecule has 2 aromatic rings. The Kier molecular flexibility index (Phi) is 5.63. The van der Waals surface area contributed by atoms with Gasteiger partial charge >= 0.3 is 0 Å². The Morgan fingerprint density at radius 3 is 1.39 bits per heavy atom. The summed E-state index contributed by atoms with van der Waals surface area (Å²) in [5, 5.41) is 0. The maximum absolute atomic E-state index is 12.2. The van der Waals surface area contributed by atoms with Gasteiger partial charge in [0.2, 0.25) is 0 Å². The number of carbonyl (C=O) groups is 1. The lowest BCUT2D eigenvalue weighted by molar-refractivity contribution is 0.0979. The highest BCUT2D eigenvalue weighted by Gasteiger charge is 2.06. The molecule has 0 N–H and O–H groups in total. The van der Waals surface area contributed by atoms with E-state index in [1.165, 1.54) is 42.4 Å². The van der Waals surface area contributed by atoms with Crippen LogP contribution in [-0.2, 0) is 19.3 Å². The molecule has 0 fully saturated rings. The van der Waals surface area contributed by atoms with E-state index in [1.807, 2.05) is 12.1 Å². The summed E-state index contributed by atoms with van der Waals surface area (Å²) < 4.78 is 0. The zero-order chi connectivity index (χ0) is 15.9. The van der Waals surface area contributed by atoms with E-state index in [1.54, 1.807) is 0 Å². The van der Waals surface area contributed by atoms with Crippen molar-refractivity contribution in [2.75, 3.05) is 0 Å². The molecule has 0 amide bonds. The van der Waals surface area contributed by atoms with Crippen molar-refractivity contribution in [2.24, 2.45) is 0 Å². The second kappa shape index (κ2) is 8.10. The summed E-state index contributed by atoms with van der Waals surface area (Å²) in [7, 11) is 0. The predicted molar refractivity (Wildman–Crippen MR) is 96.0 cm³/mol. The van der Waals surface area contributed by atoms with E-state index < -0.39 is 0 Å². The number of carbonyl (C=O) groups excluding carboxylic acids is 1. The first kappa shape index (κ1) is 16.0. The fourth-order valence-electron chi connectivity index (χ4n) is 3.32. The van der Waals surface area contributed by atoms with Crippen LogP contribution in [0.1, 0.15) is 65.6 Å². The molecule has 120 valence electrons. The fourth-order valence-corrected chi connectivity index (χ4v) is 3.32. The highest BCUT2D eigenvalue weighted by molar-refractivity contribution is 5.96. The van der Waals surface area contributed by atoms with E-state index in [9.17, 15) is 4.79 Å². The van der Waals surface area contributed by atoms with Crippen LogP contribution >= 0.6 is 0 Å². The van der Waals surface area contributed by atoms with E-state index in [0.29, 0.717) is 6.42 Å². The fraction of sp³-hybridized carbons (Fsp3) is 0.409. The third-order valence-corrected chi connectivity index (χ3v) is 4.85. The molecule has 0 heterocycles. The molecule has 23 heavy (non-hydrogen) atoms. The standard InChI is InChI=1S/C22H26O/c23-22-9-5-4-8-19-12-10-18(11-13-19)6-2-1-3-7-20-14-16-21(22)17-15-20/h10-17H,1-9H2. The van der Waals surface area contributed by atoms with Crippen molar-refractivity contribution in [3.05, 3.63) is 70.8 Å². The number of benzene rings is 2. The Balaban J connectivity index is 1.67. The van der Waals surface area contributed by atoms with Gasteiger partial charge in [0.25, 0.3) is 0 Å². The third kappa shape index (κ3) is 4.79. The van der Waals surface area contributed by atoms with Crippen LogP contribution in [-0.4, -0.2) is 5.78 Å². The first-order chi connectivity index (χ1) is 11.3. The lowest BCUT2D eigenvalue weighted by Gasteiger charge is -2.07. The summed E-state index contributed by atoms with van der Waals surface area (Å²) in [6.07, 6.45) is 9.86. The summed E-state index contributed by atoms with van der Waals surface area (Å²) in [5.74, 6) is 0.285. The lowest BCUT2D eigenvalue weighted by atomic mass is 9.98. The molecule has 4 aliphatic rings. The molecule has 4 aliphatic carbocycles. The number of Topliss-reactive ketones (excluding diaryl/α,β-unsaturated/α-hetero) is 1. The van der Waals surface area contributed by atoms with Gasteiger partial charge in [-0.2, -0.15) is 0 Å². The zero-order valence-corrected chi connectivity index (χ0v) is 13.9. The van der Waals surface area contributed by atoms with Crippen molar-refractivity contribution in [1.29, 1.82) is 0 Å². The lowest BCUT2D eigenvalue weighted by Crippen LogP contribution is -2.00. The van der Waals surface area contributed by atoms with Crippen LogP contribution in [0.2, 0.25) is 0 Å². The second-order valence-electron chi connectivity index (χ2n) is 6.70. The topological polar surface area (TPSA) is 17.1 Å². The predicted octanol–water partition coefficient (Wildman–Crippen LogP) is 5.55. The summed E-state index contributed by atoms with van der Waals surface area (Å²) in [6, 6.07) is 17.4. The van der Waals surface area contributed by atoms with Crippen molar-refractivity contribution in [3.8, 4) is 0 Å². The Hall–Kier alpha value is -1.89. The SMILES string of the molecule is O=C1CCCCc2ccc(cc2)CCCCCc2ccc1cc2. The molecule has 4 bridgehead atoms. The number of hydrogen-bond acceptors (Lipinski definition) is 1. The van der Waals surface area contributed by atoms with Crippen LogP contribution in [0.3, 0.4) is 0 Å². The number of hydrogen-bond donors (Lipinski definition) is 0. The molecule has 2 aromatic carbocycles. The van der Waals surface area contributed by atoms with Gasteiger partial charge in [-0.05, 0) is 61.6 Å².